The Labute approximate surface area is 117 Å². The molecule has 17 heavy (non-hydrogen) atoms. The maximum absolute atomic E-state index is 9.55. The Bertz CT molecular complexity index is 277. The van der Waals surface area contributed by atoms with Gasteiger partial charge in [0, 0.05) is 53.9 Å². The van der Waals surface area contributed by atoms with Crippen LogP contribution in [0.4, 0.5) is 0 Å². The van der Waals surface area contributed by atoms with Gasteiger partial charge >= 0.3 is 23.9 Å². The maximum Gasteiger partial charge on any atom is 0.328 e. The van der Waals surface area contributed by atoms with Gasteiger partial charge in [-0.1, -0.05) is 0 Å². The molecule has 0 unspecified atom stereocenters. The Morgan fingerprint density at radius 1 is 0.529 bits per heavy atom. The van der Waals surface area contributed by atoms with Crippen LogP contribution in [0.1, 0.15) is 0 Å². The molecule has 0 atom stereocenters. The van der Waals surface area contributed by atoms with Crippen molar-refractivity contribution in [3.05, 3.63) is 24.3 Å². The molecule has 9 heteroatoms. The first-order valence-corrected chi connectivity index (χ1v) is 3.53. The van der Waals surface area contributed by atoms with E-state index in [4.69, 9.17) is 20.4 Å². The predicted octanol–water partition coefficient (Wildman–Crippen LogP) is -0.957. The number of carboxylic acids is 4. The number of hydrogen-bond acceptors (Lipinski definition) is 4. The summed E-state index contributed by atoms with van der Waals surface area (Å²) in [4.78, 5) is 38.2. The summed E-state index contributed by atoms with van der Waals surface area (Å²) < 4.78 is 0. The summed E-state index contributed by atoms with van der Waals surface area (Å²) in [5, 5.41) is 31.2. The fourth-order valence-corrected chi connectivity index (χ4v) is 0.285. The molecular formula is C8H8NaO8. The van der Waals surface area contributed by atoms with E-state index in [9.17, 15) is 19.2 Å². The molecule has 0 aliphatic rings. The van der Waals surface area contributed by atoms with Gasteiger partial charge in [-0.3, -0.25) is 0 Å². The van der Waals surface area contributed by atoms with Crippen molar-refractivity contribution < 1.29 is 39.6 Å². The molecule has 0 saturated heterocycles. The summed E-state index contributed by atoms with van der Waals surface area (Å²) in [6, 6.07) is 0. The SMILES string of the molecule is O=C(O)/C=C/C(=O)O.O=C(O)/C=C/C(=O)O.[Na]. The Hall–Kier alpha value is -1.64. The second-order valence-electron chi connectivity index (χ2n) is 2.02. The molecule has 8 nitrogen and oxygen atoms in total. The van der Waals surface area contributed by atoms with Gasteiger partial charge in [-0.25, -0.2) is 19.2 Å². The standard InChI is InChI=1S/2C4H4O4.Na/c2*5-3(6)1-2-4(7)8;/h2*1-2H,(H,5,6)(H,7,8);/b2*2-1+;. The molecule has 0 aliphatic heterocycles. The van der Waals surface area contributed by atoms with Gasteiger partial charge in [-0.2, -0.15) is 0 Å². The minimum absolute atomic E-state index is 0. The average molecular weight is 255 g/mol. The molecule has 0 aromatic rings. The van der Waals surface area contributed by atoms with E-state index >= 15 is 0 Å². The van der Waals surface area contributed by atoms with E-state index in [1.165, 1.54) is 0 Å². The largest absolute Gasteiger partial charge is 0.478 e. The van der Waals surface area contributed by atoms with Crippen LogP contribution < -0.4 is 0 Å². The van der Waals surface area contributed by atoms with Crippen molar-refractivity contribution in [1.29, 1.82) is 0 Å². The van der Waals surface area contributed by atoms with Crippen LogP contribution in [0.2, 0.25) is 0 Å². The van der Waals surface area contributed by atoms with Crippen LogP contribution in [-0.2, 0) is 19.2 Å². The van der Waals surface area contributed by atoms with Gasteiger partial charge in [-0.15, -0.1) is 0 Å². The van der Waals surface area contributed by atoms with Gasteiger partial charge in [0.05, 0.1) is 0 Å². The molecule has 0 spiro atoms. The molecule has 0 aromatic carbocycles. The zero-order chi connectivity index (χ0) is 13.1. The van der Waals surface area contributed by atoms with Gasteiger partial charge in [0.1, 0.15) is 0 Å². The van der Waals surface area contributed by atoms with Crippen molar-refractivity contribution in [2.75, 3.05) is 0 Å². The first-order valence-electron chi connectivity index (χ1n) is 3.53. The Morgan fingerprint density at radius 3 is 0.706 bits per heavy atom. The second-order valence-corrected chi connectivity index (χ2v) is 2.02. The first kappa shape index (κ1) is 20.7. The quantitative estimate of drug-likeness (QED) is 0.370. The Kier molecular flexibility index (Phi) is 15.2. The predicted molar refractivity (Wildman–Crippen MR) is 54.6 cm³/mol. The van der Waals surface area contributed by atoms with Crippen molar-refractivity contribution in [3.63, 3.8) is 0 Å². The summed E-state index contributed by atoms with van der Waals surface area (Å²) >= 11 is 0. The van der Waals surface area contributed by atoms with E-state index in [-0.39, 0.29) is 29.6 Å². The smallest absolute Gasteiger partial charge is 0.328 e. The van der Waals surface area contributed by atoms with E-state index in [0.717, 1.165) is 0 Å². The van der Waals surface area contributed by atoms with Gasteiger partial charge in [0.2, 0.25) is 0 Å². The monoisotopic (exact) mass is 255 g/mol. The molecule has 1 radical (unpaired) electrons. The van der Waals surface area contributed by atoms with Crippen LogP contribution in [0, 0.1) is 0 Å². The third-order valence-corrected chi connectivity index (χ3v) is 0.737. The normalized spacial score (nSPS) is 8.94. The van der Waals surface area contributed by atoms with Gasteiger partial charge in [0.25, 0.3) is 0 Å². The molecule has 0 aliphatic carbocycles. The Morgan fingerprint density at radius 2 is 0.647 bits per heavy atom. The summed E-state index contributed by atoms with van der Waals surface area (Å²) in [5.74, 6) is -5.03. The third kappa shape index (κ3) is 31.4. The summed E-state index contributed by atoms with van der Waals surface area (Å²) in [7, 11) is 0. The third-order valence-electron chi connectivity index (χ3n) is 0.737. The topological polar surface area (TPSA) is 149 Å². The molecule has 0 amide bonds. The first-order chi connectivity index (χ1) is 7.25. The molecular weight excluding hydrogens is 247 g/mol. The minimum Gasteiger partial charge on any atom is -0.478 e. The average Bonchev–Trinajstić information content (AvgIpc) is 2.12. The maximum atomic E-state index is 9.55. The molecule has 0 saturated carbocycles. The van der Waals surface area contributed by atoms with Crippen molar-refractivity contribution >= 4 is 53.4 Å². The number of aliphatic carboxylic acids is 4. The van der Waals surface area contributed by atoms with Crippen LogP contribution in [0.25, 0.3) is 0 Å². The molecule has 4 N–H and O–H groups in total. The fourth-order valence-electron chi connectivity index (χ4n) is 0.285. The number of rotatable bonds is 4. The number of carboxylic acid groups (broad SMARTS) is 4. The minimum atomic E-state index is -1.26. The van der Waals surface area contributed by atoms with Crippen LogP contribution >= 0.6 is 0 Å². The van der Waals surface area contributed by atoms with E-state index in [1.807, 2.05) is 0 Å². The zero-order valence-corrected chi connectivity index (χ0v) is 10.7. The van der Waals surface area contributed by atoms with Crippen molar-refractivity contribution in [2.24, 2.45) is 0 Å². The van der Waals surface area contributed by atoms with Gasteiger partial charge in [0.15, 0.2) is 0 Å². The number of hydrogen-bond donors (Lipinski definition) is 4. The van der Waals surface area contributed by atoms with Crippen LogP contribution in [-0.4, -0.2) is 73.9 Å². The molecule has 0 aromatic heterocycles. The van der Waals surface area contributed by atoms with Crippen molar-refractivity contribution in [3.8, 4) is 0 Å². The fraction of sp³-hybridized carbons (Fsp3) is 0. The second kappa shape index (κ2) is 12.4. The van der Waals surface area contributed by atoms with E-state index in [2.05, 4.69) is 0 Å². The number of carbonyl (C=O) groups is 4. The van der Waals surface area contributed by atoms with Gasteiger partial charge in [-0.05, 0) is 0 Å². The zero-order valence-electron chi connectivity index (χ0n) is 8.73. The van der Waals surface area contributed by atoms with Crippen LogP contribution in [0.15, 0.2) is 24.3 Å². The molecule has 0 rings (SSSR count). The van der Waals surface area contributed by atoms with E-state index in [0.29, 0.717) is 24.3 Å². The molecule has 0 heterocycles. The van der Waals surface area contributed by atoms with Crippen molar-refractivity contribution in [2.45, 2.75) is 0 Å². The summed E-state index contributed by atoms with van der Waals surface area (Å²) in [6.07, 6.45) is 2.23. The molecule has 0 bridgehead atoms. The van der Waals surface area contributed by atoms with Gasteiger partial charge < -0.3 is 20.4 Å². The summed E-state index contributed by atoms with van der Waals surface area (Å²) in [6.45, 7) is 0. The van der Waals surface area contributed by atoms with E-state index in [1.54, 1.807) is 0 Å². The summed E-state index contributed by atoms with van der Waals surface area (Å²) in [5.41, 5.74) is 0. The van der Waals surface area contributed by atoms with Crippen LogP contribution in [0.3, 0.4) is 0 Å². The van der Waals surface area contributed by atoms with Crippen LogP contribution in [0.5, 0.6) is 0 Å². The van der Waals surface area contributed by atoms with E-state index < -0.39 is 23.9 Å². The molecule has 89 valence electrons. The van der Waals surface area contributed by atoms with Crippen molar-refractivity contribution in [1.82, 2.24) is 0 Å². The molecule has 0 fully saturated rings. The Balaban J connectivity index is -0.000000218.